The molecular weight excluding hydrogens is 230 g/mol. The summed E-state index contributed by atoms with van der Waals surface area (Å²) in [6.45, 7) is 1.95. The molecule has 2 rings (SSSR count). The van der Waals surface area contributed by atoms with Gasteiger partial charge in [0, 0.05) is 18.8 Å². The molecule has 0 aliphatic carbocycles. The molecule has 0 amide bonds. The minimum atomic E-state index is -0.256. The van der Waals surface area contributed by atoms with E-state index in [0.29, 0.717) is 24.2 Å². The van der Waals surface area contributed by atoms with Crippen LogP contribution in [0.4, 0.5) is 0 Å². The van der Waals surface area contributed by atoms with E-state index in [1.54, 1.807) is 12.4 Å². The van der Waals surface area contributed by atoms with Gasteiger partial charge in [0.1, 0.15) is 5.82 Å². The highest BCUT2D eigenvalue weighted by Gasteiger charge is 2.09. The number of aromatic hydroxyl groups is 1. The normalized spacial score (nSPS) is 10.5. The van der Waals surface area contributed by atoms with E-state index in [9.17, 15) is 9.90 Å². The summed E-state index contributed by atoms with van der Waals surface area (Å²) in [6.07, 6.45) is 5.15. The number of pyridine rings is 1. The lowest BCUT2D eigenvalue weighted by Crippen LogP contribution is -2.17. The van der Waals surface area contributed by atoms with Gasteiger partial charge in [0.2, 0.25) is 5.88 Å². The quantitative estimate of drug-likeness (QED) is 0.853. The smallest absolute Gasteiger partial charge is 0.257 e. The molecule has 0 aliphatic heterocycles. The maximum Gasteiger partial charge on any atom is 0.257 e. The molecule has 5 nitrogen and oxygen atoms in total. The van der Waals surface area contributed by atoms with Crippen LogP contribution < -0.4 is 5.56 Å². The Balaban J connectivity index is 2.28. The first kappa shape index (κ1) is 12.3. The minimum Gasteiger partial charge on any atom is -0.493 e. The topological polar surface area (TPSA) is 78.9 Å². The number of H-pyrrole nitrogens is 1. The molecule has 2 aromatic rings. The Morgan fingerprint density at radius 3 is 2.67 bits per heavy atom. The molecule has 0 saturated carbocycles. The Morgan fingerprint density at radius 1 is 1.33 bits per heavy atom. The van der Waals surface area contributed by atoms with E-state index in [1.807, 2.05) is 19.1 Å². The molecule has 0 saturated heterocycles. The molecule has 0 atom stereocenters. The SMILES string of the molecule is CCCc1c(O)nc(Cc2ccncc2)[nH]c1=O. The van der Waals surface area contributed by atoms with Gasteiger partial charge in [-0.1, -0.05) is 13.3 Å². The average molecular weight is 245 g/mol. The number of rotatable bonds is 4. The third-order valence-corrected chi connectivity index (χ3v) is 2.66. The molecule has 0 aromatic carbocycles. The molecule has 5 heteroatoms. The molecule has 0 radical (unpaired) electrons. The summed E-state index contributed by atoms with van der Waals surface area (Å²) in [7, 11) is 0. The molecule has 2 N–H and O–H groups in total. The van der Waals surface area contributed by atoms with Gasteiger partial charge in [0.05, 0.1) is 5.56 Å². The van der Waals surface area contributed by atoms with Crippen molar-refractivity contribution in [1.82, 2.24) is 15.0 Å². The molecule has 0 fully saturated rings. The summed E-state index contributed by atoms with van der Waals surface area (Å²) in [5, 5.41) is 9.74. The third kappa shape index (κ3) is 2.74. The van der Waals surface area contributed by atoms with Gasteiger partial charge in [-0.05, 0) is 24.1 Å². The Hall–Kier alpha value is -2.17. The van der Waals surface area contributed by atoms with Crippen LogP contribution in [0.2, 0.25) is 0 Å². The van der Waals surface area contributed by atoms with E-state index in [2.05, 4.69) is 15.0 Å². The lowest BCUT2D eigenvalue weighted by Gasteiger charge is -2.05. The highest BCUT2D eigenvalue weighted by molar-refractivity contribution is 5.24. The van der Waals surface area contributed by atoms with Crippen molar-refractivity contribution in [2.75, 3.05) is 0 Å². The fourth-order valence-electron chi connectivity index (χ4n) is 1.78. The summed E-state index contributed by atoms with van der Waals surface area (Å²) < 4.78 is 0. The summed E-state index contributed by atoms with van der Waals surface area (Å²) in [5.41, 5.74) is 1.08. The Labute approximate surface area is 105 Å². The second-order valence-electron chi connectivity index (χ2n) is 4.10. The summed E-state index contributed by atoms with van der Waals surface area (Å²) in [6, 6.07) is 3.69. The van der Waals surface area contributed by atoms with Crippen LogP contribution in [0.15, 0.2) is 29.3 Å². The van der Waals surface area contributed by atoms with Crippen molar-refractivity contribution < 1.29 is 5.11 Å². The fourth-order valence-corrected chi connectivity index (χ4v) is 1.78. The number of nitrogens with zero attached hydrogens (tertiary/aromatic N) is 2. The second kappa shape index (κ2) is 5.44. The molecule has 18 heavy (non-hydrogen) atoms. The van der Waals surface area contributed by atoms with Gasteiger partial charge in [-0.15, -0.1) is 0 Å². The van der Waals surface area contributed by atoms with Crippen LogP contribution in [0.1, 0.15) is 30.3 Å². The summed E-state index contributed by atoms with van der Waals surface area (Å²) >= 11 is 0. The first-order valence-electron chi connectivity index (χ1n) is 5.90. The van der Waals surface area contributed by atoms with Gasteiger partial charge in [-0.2, -0.15) is 4.98 Å². The van der Waals surface area contributed by atoms with Crippen molar-refractivity contribution >= 4 is 0 Å². The van der Waals surface area contributed by atoms with Crippen molar-refractivity contribution in [2.24, 2.45) is 0 Å². The average Bonchev–Trinajstić information content (AvgIpc) is 2.35. The fraction of sp³-hybridized carbons (Fsp3) is 0.308. The standard InChI is InChI=1S/C13H15N3O2/c1-2-3-10-12(17)15-11(16-13(10)18)8-9-4-6-14-7-5-9/h4-7H,2-3,8H2,1H3,(H2,15,16,17,18). The summed E-state index contributed by atoms with van der Waals surface area (Å²) in [5.74, 6) is 0.299. The van der Waals surface area contributed by atoms with E-state index < -0.39 is 0 Å². The highest BCUT2D eigenvalue weighted by atomic mass is 16.3. The van der Waals surface area contributed by atoms with Crippen LogP contribution in [0, 0.1) is 0 Å². The maximum atomic E-state index is 11.8. The molecule has 0 aliphatic rings. The van der Waals surface area contributed by atoms with Crippen LogP contribution in [-0.4, -0.2) is 20.1 Å². The largest absolute Gasteiger partial charge is 0.493 e. The lowest BCUT2D eigenvalue weighted by atomic mass is 10.1. The van der Waals surface area contributed by atoms with Crippen LogP contribution >= 0.6 is 0 Å². The minimum absolute atomic E-state index is 0.162. The molecule has 2 heterocycles. The van der Waals surface area contributed by atoms with Gasteiger partial charge >= 0.3 is 0 Å². The first-order valence-corrected chi connectivity index (χ1v) is 5.90. The molecule has 0 spiro atoms. The van der Waals surface area contributed by atoms with Gasteiger partial charge in [-0.3, -0.25) is 9.78 Å². The zero-order chi connectivity index (χ0) is 13.0. The van der Waals surface area contributed by atoms with Crippen molar-refractivity contribution in [3.63, 3.8) is 0 Å². The molecule has 2 aromatic heterocycles. The van der Waals surface area contributed by atoms with Crippen molar-refractivity contribution in [2.45, 2.75) is 26.2 Å². The van der Waals surface area contributed by atoms with Crippen LogP contribution in [0.3, 0.4) is 0 Å². The number of aromatic amines is 1. The Kier molecular flexibility index (Phi) is 3.72. The Bertz CT molecular complexity index is 579. The van der Waals surface area contributed by atoms with Crippen molar-refractivity contribution in [1.29, 1.82) is 0 Å². The van der Waals surface area contributed by atoms with Gasteiger partial charge in [0.25, 0.3) is 5.56 Å². The predicted molar refractivity (Wildman–Crippen MR) is 67.6 cm³/mol. The first-order chi connectivity index (χ1) is 8.70. The predicted octanol–water partition coefficient (Wildman–Crippen LogP) is 1.41. The third-order valence-electron chi connectivity index (χ3n) is 2.66. The molecule has 94 valence electrons. The number of hydrogen-bond donors (Lipinski definition) is 2. The summed E-state index contributed by atoms with van der Waals surface area (Å²) in [4.78, 5) is 22.4. The van der Waals surface area contributed by atoms with Crippen LogP contribution in [0.25, 0.3) is 0 Å². The monoisotopic (exact) mass is 245 g/mol. The van der Waals surface area contributed by atoms with E-state index in [-0.39, 0.29) is 11.4 Å². The van der Waals surface area contributed by atoms with E-state index >= 15 is 0 Å². The van der Waals surface area contributed by atoms with Gasteiger partial charge in [0.15, 0.2) is 0 Å². The molecule has 0 unspecified atom stereocenters. The maximum absolute atomic E-state index is 11.8. The van der Waals surface area contributed by atoms with Gasteiger partial charge < -0.3 is 10.1 Å². The number of nitrogens with one attached hydrogen (secondary N) is 1. The number of aromatic nitrogens is 3. The van der Waals surface area contributed by atoms with E-state index in [1.165, 1.54) is 0 Å². The zero-order valence-electron chi connectivity index (χ0n) is 10.2. The van der Waals surface area contributed by atoms with Crippen LogP contribution in [0.5, 0.6) is 5.88 Å². The zero-order valence-corrected chi connectivity index (χ0v) is 10.2. The van der Waals surface area contributed by atoms with Crippen molar-refractivity contribution in [3.05, 3.63) is 51.8 Å². The second-order valence-corrected chi connectivity index (χ2v) is 4.10. The highest BCUT2D eigenvalue weighted by Crippen LogP contribution is 2.12. The van der Waals surface area contributed by atoms with Crippen molar-refractivity contribution in [3.8, 4) is 5.88 Å². The van der Waals surface area contributed by atoms with Crippen LogP contribution in [-0.2, 0) is 12.8 Å². The van der Waals surface area contributed by atoms with E-state index in [0.717, 1.165) is 12.0 Å². The van der Waals surface area contributed by atoms with E-state index in [4.69, 9.17) is 0 Å². The molecule has 0 bridgehead atoms. The Morgan fingerprint density at radius 2 is 2.06 bits per heavy atom. The molecular formula is C13H15N3O2. The number of hydrogen-bond acceptors (Lipinski definition) is 4. The lowest BCUT2D eigenvalue weighted by molar-refractivity contribution is 0.439. The van der Waals surface area contributed by atoms with Gasteiger partial charge in [-0.25, -0.2) is 0 Å².